The van der Waals surface area contributed by atoms with Gasteiger partial charge >= 0.3 is 5.97 Å². The second-order valence-electron chi connectivity index (χ2n) is 4.35. The average molecular weight is 377 g/mol. The molecule has 18 heavy (non-hydrogen) atoms. The van der Waals surface area contributed by atoms with E-state index in [-0.39, 0.29) is 5.78 Å². The SMILES string of the molecule is Nc1c(Br)cc(C(=O)[C@@H]2CC[C@H]2C(=O)O)cc1Br. The van der Waals surface area contributed by atoms with Gasteiger partial charge in [-0.3, -0.25) is 9.59 Å². The van der Waals surface area contributed by atoms with Gasteiger partial charge in [0.25, 0.3) is 0 Å². The van der Waals surface area contributed by atoms with Crippen molar-refractivity contribution < 1.29 is 14.7 Å². The largest absolute Gasteiger partial charge is 0.481 e. The third kappa shape index (κ3) is 2.31. The van der Waals surface area contributed by atoms with Crippen LogP contribution < -0.4 is 5.73 Å². The lowest BCUT2D eigenvalue weighted by Crippen LogP contribution is -2.38. The number of anilines is 1. The number of benzene rings is 1. The minimum atomic E-state index is -0.895. The smallest absolute Gasteiger partial charge is 0.307 e. The lowest BCUT2D eigenvalue weighted by atomic mass is 9.70. The van der Waals surface area contributed by atoms with Gasteiger partial charge in [0, 0.05) is 20.4 Å². The van der Waals surface area contributed by atoms with Gasteiger partial charge in [-0.2, -0.15) is 0 Å². The number of rotatable bonds is 3. The lowest BCUT2D eigenvalue weighted by Gasteiger charge is -2.32. The Hall–Kier alpha value is -0.880. The van der Waals surface area contributed by atoms with Crippen molar-refractivity contribution in [1.82, 2.24) is 0 Å². The number of Topliss-reactive ketones (excluding diaryl/α,β-unsaturated/α-hetero) is 1. The Labute approximate surface area is 121 Å². The van der Waals surface area contributed by atoms with Crippen molar-refractivity contribution in [2.75, 3.05) is 5.73 Å². The number of aliphatic carboxylic acids is 1. The van der Waals surface area contributed by atoms with E-state index >= 15 is 0 Å². The summed E-state index contributed by atoms with van der Waals surface area (Å²) in [5.41, 5.74) is 6.76. The summed E-state index contributed by atoms with van der Waals surface area (Å²) >= 11 is 6.55. The van der Waals surface area contributed by atoms with Crippen LogP contribution in [0.15, 0.2) is 21.1 Å². The molecule has 1 saturated carbocycles. The Bertz CT molecular complexity index is 507. The molecule has 1 aliphatic rings. The number of halogens is 2. The Balaban J connectivity index is 2.27. The summed E-state index contributed by atoms with van der Waals surface area (Å²) in [5.74, 6) is -1.99. The highest BCUT2D eigenvalue weighted by Gasteiger charge is 2.41. The quantitative estimate of drug-likeness (QED) is 0.627. The van der Waals surface area contributed by atoms with Crippen LogP contribution in [0, 0.1) is 11.8 Å². The lowest BCUT2D eigenvalue weighted by molar-refractivity contribution is -0.146. The Kier molecular flexibility index (Phi) is 3.77. The Morgan fingerprint density at radius 1 is 1.17 bits per heavy atom. The van der Waals surface area contributed by atoms with Crippen LogP contribution in [0.3, 0.4) is 0 Å². The van der Waals surface area contributed by atoms with Crippen LogP contribution in [0.5, 0.6) is 0 Å². The van der Waals surface area contributed by atoms with E-state index in [9.17, 15) is 9.59 Å². The Morgan fingerprint density at radius 3 is 2.06 bits per heavy atom. The number of carbonyl (C=O) groups is 2. The minimum absolute atomic E-state index is 0.130. The standard InChI is InChI=1S/C12H11Br2NO3/c13-8-3-5(4-9(14)10(8)15)11(16)6-1-2-7(6)12(17)18/h3-4,6-7H,1-2,15H2,(H,17,18)/t6-,7-/m1/s1. The molecule has 0 aliphatic heterocycles. The highest BCUT2D eigenvalue weighted by atomic mass is 79.9. The van der Waals surface area contributed by atoms with Crippen LogP contribution in [0.25, 0.3) is 0 Å². The number of hydrogen-bond acceptors (Lipinski definition) is 3. The maximum atomic E-state index is 12.2. The van der Waals surface area contributed by atoms with Crippen molar-refractivity contribution in [3.8, 4) is 0 Å². The third-order valence-electron chi connectivity index (χ3n) is 3.29. The van der Waals surface area contributed by atoms with E-state index in [0.29, 0.717) is 33.0 Å². The summed E-state index contributed by atoms with van der Waals surface area (Å²) in [6, 6.07) is 3.28. The zero-order chi connectivity index (χ0) is 13.4. The number of hydrogen-bond donors (Lipinski definition) is 2. The van der Waals surface area contributed by atoms with Gasteiger partial charge < -0.3 is 10.8 Å². The van der Waals surface area contributed by atoms with E-state index in [4.69, 9.17) is 10.8 Å². The molecule has 1 fully saturated rings. The summed E-state index contributed by atoms with van der Waals surface area (Å²) in [4.78, 5) is 23.1. The third-order valence-corrected chi connectivity index (χ3v) is 4.60. The van der Waals surface area contributed by atoms with Crippen LogP contribution in [0.2, 0.25) is 0 Å². The first-order chi connectivity index (χ1) is 8.41. The summed E-state index contributed by atoms with van der Waals surface area (Å²) in [7, 11) is 0. The number of carbonyl (C=O) groups excluding carboxylic acids is 1. The van der Waals surface area contributed by atoms with E-state index in [1.54, 1.807) is 12.1 Å². The maximum Gasteiger partial charge on any atom is 0.307 e. The van der Waals surface area contributed by atoms with Gasteiger partial charge in [-0.15, -0.1) is 0 Å². The predicted molar refractivity (Wildman–Crippen MR) is 74.4 cm³/mol. The molecule has 96 valence electrons. The summed E-state index contributed by atoms with van der Waals surface area (Å²) in [5, 5.41) is 8.96. The van der Waals surface area contributed by atoms with Crippen molar-refractivity contribution in [3.05, 3.63) is 26.6 Å². The molecule has 2 rings (SSSR count). The van der Waals surface area contributed by atoms with Gasteiger partial charge in [0.2, 0.25) is 0 Å². The number of nitrogen functional groups attached to an aromatic ring is 1. The fourth-order valence-corrected chi connectivity index (χ4v) is 3.24. The van der Waals surface area contributed by atoms with Gasteiger partial charge in [-0.25, -0.2) is 0 Å². The molecule has 1 aromatic carbocycles. The normalized spacial score (nSPS) is 22.3. The number of nitrogens with two attached hydrogens (primary N) is 1. The summed E-state index contributed by atoms with van der Waals surface area (Å²) in [6.45, 7) is 0. The van der Waals surface area contributed by atoms with Gasteiger partial charge in [0.1, 0.15) is 0 Å². The molecule has 0 heterocycles. The average Bonchev–Trinajstić information content (AvgIpc) is 2.22. The molecule has 0 bridgehead atoms. The monoisotopic (exact) mass is 375 g/mol. The number of ketones is 1. The summed E-state index contributed by atoms with van der Waals surface area (Å²) < 4.78 is 1.26. The highest BCUT2D eigenvalue weighted by Crippen LogP contribution is 2.38. The van der Waals surface area contributed by atoms with Crippen molar-refractivity contribution in [2.24, 2.45) is 11.8 Å². The molecule has 1 aliphatic carbocycles. The molecule has 6 heteroatoms. The van der Waals surface area contributed by atoms with E-state index in [1.165, 1.54) is 0 Å². The second kappa shape index (κ2) is 5.01. The van der Waals surface area contributed by atoms with Crippen LogP contribution in [0.4, 0.5) is 5.69 Å². The predicted octanol–water partition coefficient (Wildman–Crippen LogP) is 3.09. The fourth-order valence-electron chi connectivity index (χ4n) is 2.05. The van der Waals surface area contributed by atoms with Gasteiger partial charge in [0.05, 0.1) is 11.6 Å². The first-order valence-corrected chi connectivity index (χ1v) is 7.02. The minimum Gasteiger partial charge on any atom is -0.481 e. The van der Waals surface area contributed by atoms with E-state index in [0.717, 1.165) is 0 Å². The first kappa shape index (κ1) is 13.5. The van der Waals surface area contributed by atoms with Crippen molar-refractivity contribution in [1.29, 1.82) is 0 Å². The van der Waals surface area contributed by atoms with Crippen molar-refractivity contribution in [3.63, 3.8) is 0 Å². The van der Waals surface area contributed by atoms with Crippen molar-refractivity contribution in [2.45, 2.75) is 12.8 Å². The molecule has 0 amide bonds. The first-order valence-electron chi connectivity index (χ1n) is 5.43. The van der Waals surface area contributed by atoms with Crippen LogP contribution in [-0.2, 0) is 4.79 Å². The number of carboxylic acid groups (broad SMARTS) is 1. The fraction of sp³-hybridized carbons (Fsp3) is 0.333. The van der Waals surface area contributed by atoms with Gasteiger partial charge in [-0.1, -0.05) is 0 Å². The van der Waals surface area contributed by atoms with Crippen LogP contribution >= 0.6 is 31.9 Å². The second-order valence-corrected chi connectivity index (χ2v) is 6.06. The molecular weight excluding hydrogens is 366 g/mol. The molecule has 3 N–H and O–H groups in total. The van der Waals surface area contributed by atoms with E-state index < -0.39 is 17.8 Å². The number of carboxylic acids is 1. The molecule has 1 aromatic rings. The summed E-state index contributed by atoms with van der Waals surface area (Å²) in [6.07, 6.45) is 1.21. The van der Waals surface area contributed by atoms with E-state index in [1.807, 2.05) is 0 Å². The highest BCUT2D eigenvalue weighted by molar-refractivity contribution is 9.11. The molecule has 0 spiro atoms. The van der Waals surface area contributed by atoms with Gasteiger partial charge in [0.15, 0.2) is 5.78 Å². The molecule has 0 radical (unpaired) electrons. The molecule has 0 saturated heterocycles. The zero-order valence-corrected chi connectivity index (χ0v) is 12.5. The zero-order valence-electron chi connectivity index (χ0n) is 9.32. The molecule has 4 nitrogen and oxygen atoms in total. The Morgan fingerprint density at radius 2 is 1.67 bits per heavy atom. The maximum absolute atomic E-state index is 12.2. The van der Waals surface area contributed by atoms with Crippen molar-refractivity contribution >= 4 is 49.3 Å². The topological polar surface area (TPSA) is 80.4 Å². The molecular formula is C12H11Br2NO3. The van der Waals surface area contributed by atoms with Crippen LogP contribution in [-0.4, -0.2) is 16.9 Å². The molecule has 2 atom stereocenters. The van der Waals surface area contributed by atoms with Gasteiger partial charge in [-0.05, 0) is 56.8 Å². The van der Waals surface area contributed by atoms with E-state index in [2.05, 4.69) is 31.9 Å². The van der Waals surface area contributed by atoms with Crippen LogP contribution in [0.1, 0.15) is 23.2 Å². The molecule has 0 unspecified atom stereocenters. The molecule has 0 aromatic heterocycles.